The van der Waals surface area contributed by atoms with Crippen molar-refractivity contribution in [2.24, 2.45) is 0 Å². The van der Waals surface area contributed by atoms with E-state index < -0.39 is 0 Å². The van der Waals surface area contributed by atoms with Gasteiger partial charge in [0.2, 0.25) is 0 Å². The summed E-state index contributed by atoms with van der Waals surface area (Å²) in [5.74, 6) is 1.19. The van der Waals surface area contributed by atoms with Crippen LogP contribution in [0.3, 0.4) is 0 Å². The first-order valence-corrected chi connectivity index (χ1v) is 8.30. The van der Waals surface area contributed by atoms with Crippen molar-refractivity contribution in [1.29, 1.82) is 0 Å². The third-order valence-electron chi connectivity index (χ3n) is 3.60. The second-order valence-electron chi connectivity index (χ2n) is 5.72. The van der Waals surface area contributed by atoms with E-state index in [0.29, 0.717) is 30.3 Å². The van der Waals surface area contributed by atoms with E-state index in [2.05, 4.69) is 31.1 Å². The van der Waals surface area contributed by atoms with Gasteiger partial charge >= 0.3 is 0 Å². The average Bonchev–Trinajstić information content (AvgIpc) is 2.67. The lowest BCUT2D eigenvalue weighted by atomic mass is 10.1. The van der Waals surface area contributed by atoms with Crippen molar-refractivity contribution in [1.82, 2.24) is 20.5 Å². The van der Waals surface area contributed by atoms with Crippen LogP contribution in [0.2, 0.25) is 0 Å². The number of nitrogens with zero attached hydrogens (tertiary/aromatic N) is 3. The van der Waals surface area contributed by atoms with Crippen molar-refractivity contribution < 1.29 is 4.79 Å². The molecule has 2 heterocycles. The van der Waals surface area contributed by atoms with E-state index in [1.807, 2.05) is 49.4 Å². The molecule has 2 aromatic heterocycles. The Labute approximate surface area is 151 Å². The third-order valence-corrected chi connectivity index (χ3v) is 3.60. The molecule has 3 rings (SSSR count). The highest BCUT2D eigenvalue weighted by Crippen LogP contribution is 2.12. The van der Waals surface area contributed by atoms with Gasteiger partial charge in [-0.25, -0.2) is 0 Å². The minimum Gasteiger partial charge on any atom is -0.367 e. The summed E-state index contributed by atoms with van der Waals surface area (Å²) in [6.07, 6.45) is 3.42. The summed E-state index contributed by atoms with van der Waals surface area (Å²) in [7, 11) is 0. The molecule has 0 radical (unpaired) electrons. The lowest BCUT2D eigenvalue weighted by Crippen LogP contribution is -2.28. The maximum absolute atomic E-state index is 12.0. The van der Waals surface area contributed by atoms with Crippen LogP contribution in [0.1, 0.15) is 15.9 Å². The summed E-state index contributed by atoms with van der Waals surface area (Å²) in [5, 5.41) is 17.3. The largest absolute Gasteiger partial charge is 0.367 e. The summed E-state index contributed by atoms with van der Waals surface area (Å²) in [4.78, 5) is 16.1. The van der Waals surface area contributed by atoms with Gasteiger partial charge < -0.3 is 16.0 Å². The number of aromatic nitrogens is 3. The van der Waals surface area contributed by atoms with Crippen LogP contribution in [-0.4, -0.2) is 34.2 Å². The Morgan fingerprint density at radius 3 is 2.58 bits per heavy atom. The van der Waals surface area contributed by atoms with E-state index in [0.717, 1.165) is 11.3 Å². The predicted molar refractivity (Wildman–Crippen MR) is 102 cm³/mol. The van der Waals surface area contributed by atoms with Gasteiger partial charge in [-0.1, -0.05) is 17.7 Å². The van der Waals surface area contributed by atoms with Gasteiger partial charge in [0.25, 0.3) is 5.91 Å². The molecule has 7 heteroatoms. The first-order valence-electron chi connectivity index (χ1n) is 8.30. The molecule has 0 aliphatic heterocycles. The molecule has 3 aromatic rings. The van der Waals surface area contributed by atoms with Crippen molar-refractivity contribution in [2.75, 3.05) is 23.7 Å². The predicted octanol–water partition coefficient (Wildman–Crippen LogP) is 2.77. The van der Waals surface area contributed by atoms with Crippen LogP contribution in [0.15, 0.2) is 60.9 Å². The van der Waals surface area contributed by atoms with Gasteiger partial charge in [-0.15, -0.1) is 10.2 Å². The van der Waals surface area contributed by atoms with Gasteiger partial charge in [0, 0.05) is 24.8 Å². The number of pyridine rings is 1. The summed E-state index contributed by atoms with van der Waals surface area (Å²) >= 11 is 0. The quantitative estimate of drug-likeness (QED) is 0.569. The molecule has 7 nitrogen and oxygen atoms in total. The van der Waals surface area contributed by atoms with Crippen LogP contribution >= 0.6 is 0 Å². The Hall–Kier alpha value is -3.48. The number of carbonyl (C=O) groups excluding carboxylic acids is 1. The first-order chi connectivity index (χ1) is 12.7. The van der Waals surface area contributed by atoms with Crippen LogP contribution < -0.4 is 16.0 Å². The van der Waals surface area contributed by atoms with Gasteiger partial charge in [0.1, 0.15) is 5.82 Å². The lowest BCUT2D eigenvalue weighted by Gasteiger charge is -2.08. The zero-order chi connectivity index (χ0) is 18.2. The molecule has 0 atom stereocenters. The maximum Gasteiger partial charge on any atom is 0.251 e. The van der Waals surface area contributed by atoms with Gasteiger partial charge in [-0.3, -0.25) is 9.78 Å². The fraction of sp³-hybridized carbons (Fsp3) is 0.158. The number of benzene rings is 1. The molecule has 0 aliphatic rings. The highest BCUT2D eigenvalue weighted by molar-refractivity contribution is 5.94. The second kappa shape index (κ2) is 8.57. The fourth-order valence-corrected chi connectivity index (χ4v) is 2.33. The number of aryl methyl sites for hydroxylation is 1. The highest BCUT2D eigenvalue weighted by Gasteiger charge is 2.04. The minimum atomic E-state index is -0.0856. The Bertz CT molecular complexity index is 851. The van der Waals surface area contributed by atoms with E-state index >= 15 is 0 Å². The summed E-state index contributed by atoms with van der Waals surface area (Å²) in [6, 6.07) is 14.9. The number of anilines is 3. The number of nitrogens with one attached hydrogen (secondary N) is 3. The Morgan fingerprint density at radius 2 is 1.85 bits per heavy atom. The zero-order valence-corrected chi connectivity index (χ0v) is 14.4. The molecule has 132 valence electrons. The Balaban J connectivity index is 1.43. The van der Waals surface area contributed by atoms with Crippen molar-refractivity contribution in [3.05, 3.63) is 72.1 Å². The van der Waals surface area contributed by atoms with Crippen LogP contribution in [0.5, 0.6) is 0 Å². The summed E-state index contributed by atoms with van der Waals surface area (Å²) in [5.41, 5.74) is 2.57. The number of rotatable bonds is 7. The SMILES string of the molecule is Cc1cccc(C(=O)NCCNc2ccc(Nc3cccnc3)nn2)c1. The molecular weight excluding hydrogens is 328 g/mol. The van der Waals surface area contributed by atoms with E-state index in [4.69, 9.17) is 0 Å². The minimum absolute atomic E-state index is 0.0856. The molecule has 0 bridgehead atoms. The van der Waals surface area contributed by atoms with E-state index in [9.17, 15) is 4.79 Å². The standard InChI is InChI=1S/C19H20N6O/c1-14-4-2-5-15(12-14)19(26)22-11-10-21-17-7-8-18(25-24-17)23-16-6-3-9-20-13-16/h2-9,12-13H,10-11H2,1H3,(H,21,24)(H,22,26)(H,23,25). The van der Waals surface area contributed by atoms with Crippen LogP contribution in [0.25, 0.3) is 0 Å². The Kier molecular flexibility index (Phi) is 5.72. The third kappa shape index (κ3) is 5.01. The van der Waals surface area contributed by atoms with Crippen molar-refractivity contribution in [3.63, 3.8) is 0 Å². The molecular formula is C19H20N6O. The molecule has 1 amide bonds. The molecule has 0 saturated carbocycles. The lowest BCUT2D eigenvalue weighted by molar-refractivity contribution is 0.0955. The van der Waals surface area contributed by atoms with Crippen molar-refractivity contribution in [2.45, 2.75) is 6.92 Å². The van der Waals surface area contributed by atoms with Crippen molar-refractivity contribution in [3.8, 4) is 0 Å². The molecule has 1 aromatic carbocycles. The van der Waals surface area contributed by atoms with Crippen LogP contribution in [-0.2, 0) is 0 Å². The molecule has 0 unspecified atom stereocenters. The van der Waals surface area contributed by atoms with Crippen LogP contribution in [0.4, 0.5) is 17.3 Å². The van der Waals surface area contributed by atoms with Gasteiger partial charge in [-0.05, 0) is 43.3 Å². The topological polar surface area (TPSA) is 91.8 Å². The normalized spacial score (nSPS) is 10.2. The first kappa shape index (κ1) is 17.3. The fourth-order valence-electron chi connectivity index (χ4n) is 2.33. The zero-order valence-electron chi connectivity index (χ0n) is 14.4. The van der Waals surface area contributed by atoms with E-state index in [1.54, 1.807) is 18.5 Å². The number of carbonyl (C=O) groups is 1. The second-order valence-corrected chi connectivity index (χ2v) is 5.72. The van der Waals surface area contributed by atoms with E-state index in [1.165, 1.54) is 0 Å². The highest BCUT2D eigenvalue weighted by atomic mass is 16.1. The van der Waals surface area contributed by atoms with Gasteiger partial charge in [0.15, 0.2) is 5.82 Å². The Morgan fingerprint density at radius 1 is 1.00 bits per heavy atom. The van der Waals surface area contributed by atoms with Crippen molar-refractivity contribution >= 4 is 23.2 Å². The summed E-state index contributed by atoms with van der Waals surface area (Å²) in [6.45, 7) is 3.01. The molecule has 0 aliphatic carbocycles. The number of hydrogen-bond acceptors (Lipinski definition) is 6. The number of hydrogen-bond donors (Lipinski definition) is 3. The monoisotopic (exact) mass is 348 g/mol. The van der Waals surface area contributed by atoms with Gasteiger partial charge in [0.05, 0.1) is 11.9 Å². The van der Waals surface area contributed by atoms with Crippen LogP contribution in [0, 0.1) is 6.92 Å². The average molecular weight is 348 g/mol. The van der Waals surface area contributed by atoms with Gasteiger partial charge in [-0.2, -0.15) is 0 Å². The molecule has 0 spiro atoms. The number of amides is 1. The van der Waals surface area contributed by atoms with E-state index in [-0.39, 0.29) is 5.91 Å². The molecule has 3 N–H and O–H groups in total. The smallest absolute Gasteiger partial charge is 0.251 e. The molecule has 26 heavy (non-hydrogen) atoms. The summed E-state index contributed by atoms with van der Waals surface area (Å²) < 4.78 is 0. The molecule has 0 saturated heterocycles. The molecule has 0 fully saturated rings. The maximum atomic E-state index is 12.0.